The largest absolute Gasteiger partial charge is 0.475 e. The maximum atomic E-state index is 13.1. The summed E-state index contributed by atoms with van der Waals surface area (Å²) in [5, 5.41) is 0. The second kappa shape index (κ2) is 9.92. The van der Waals surface area contributed by atoms with Crippen LogP contribution in [0.5, 0.6) is 5.88 Å². The van der Waals surface area contributed by atoms with E-state index in [-0.39, 0.29) is 36.4 Å². The number of nitrogens with one attached hydrogen (secondary N) is 1. The number of amides is 1. The number of rotatable bonds is 6. The normalized spacial score (nSPS) is 25.4. The lowest BCUT2D eigenvalue weighted by Crippen LogP contribution is -2.57. The Hall–Kier alpha value is -2.83. The lowest BCUT2D eigenvalue weighted by Gasteiger charge is -2.41. The Bertz CT molecular complexity index is 1220. The van der Waals surface area contributed by atoms with E-state index < -0.39 is 17.7 Å². The number of carbonyl (C=O) groups excluding carboxylic acids is 1. The zero-order chi connectivity index (χ0) is 28.3. The smallest absolute Gasteiger partial charge is 0.410 e. The van der Waals surface area contributed by atoms with Crippen LogP contribution in [0.15, 0.2) is 6.33 Å². The molecule has 220 valence electrons. The molecule has 0 spiro atoms. The summed E-state index contributed by atoms with van der Waals surface area (Å²) in [5.41, 5.74) is 0.523. The highest BCUT2D eigenvalue weighted by Gasteiger charge is 2.48. The van der Waals surface area contributed by atoms with Gasteiger partial charge in [-0.2, -0.15) is 23.1 Å². The molecule has 2 aromatic heterocycles. The van der Waals surface area contributed by atoms with Crippen LogP contribution in [0.4, 0.5) is 23.9 Å². The molecule has 2 atom stereocenters. The van der Waals surface area contributed by atoms with Crippen LogP contribution in [0.25, 0.3) is 11.2 Å². The van der Waals surface area contributed by atoms with Gasteiger partial charge < -0.3 is 24.3 Å². The van der Waals surface area contributed by atoms with Gasteiger partial charge in [-0.25, -0.2) is 9.78 Å². The highest BCUT2D eigenvalue weighted by atomic mass is 19.4. The second-order valence-electron chi connectivity index (χ2n) is 13.0. The predicted molar refractivity (Wildman–Crippen MR) is 141 cm³/mol. The molecule has 3 aliphatic heterocycles. The van der Waals surface area contributed by atoms with Crippen molar-refractivity contribution in [1.29, 1.82) is 0 Å². The van der Waals surface area contributed by atoms with Gasteiger partial charge in [0.05, 0.1) is 30.9 Å². The van der Waals surface area contributed by atoms with Gasteiger partial charge in [0.1, 0.15) is 11.1 Å². The van der Waals surface area contributed by atoms with Crippen LogP contribution in [0, 0.1) is 11.3 Å². The van der Waals surface area contributed by atoms with Crippen molar-refractivity contribution >= 4 is 23.2 Å². The molecule has 1 N–H and O–H groups in total. The van der Waals surface area contributed by atoms with Crippen molar-refractivity contribution in [2.45, 2.75) is 83.2 Å². The molecule has 5 heterocycles. The van der Waals surface area contributed by atoms with Crippen molar-refractivity contribution in [3.8, 4) is 5.88 Å². The second-order valence-corrected chi connectivity index (χ2v) is 13.0. The number of fused-ring (bicyclic) bond motifs is 3. The molecule has 13 heteroatoms. The van der Waals surface area contributed by atoms with Crippen molar-refractivity contribution in [2.24, 2.45) is 11.3 Å². The molecule has 2 unspecified atom stereocenters. The van der Waals surface area contributed by atoms with E-state index in [2.05, 4.69) is 24.8 Å². The van der Waals surface area contributed by atoms with Crippen LogP contribution in [0.3, 0.4) is 0 Å². The number of H-pyrrole nitrogens is 1. The summed E-state index contributed by atoms with van der Waals surface area (Å²) in [6.45, 7) is 8.92. The number of aromatic amines is 1. The Balaban J connectivity index is 1.11. The van der Waals surface area contributed by atoms with E-state index in [1.54, 1.807) is 6.33 Å². The number of anilines is 1. The minimum atomic E-state index is -4.10. The number of halogens is 3. The molecule has 2 aromatic rings. The molecule has 1 aliphatic carbocycles. The van der Waals surface area contributed by atoms with Crippen LogP contribution in [-0.4, -0.2) is 99.0 Å². The van der Waals surface area contributed by atoms with E-state index in [0.717, 1.165) is 32.2 Å². The summed E-state index contributed by atoms with van der Waals surface area (Å²) < 4.78 is 51.2. The van der Waals surface area contributed by atoms with E-state index in [9.17, 15) is 18.0 Å². The van der Waals surface area contributed by atoms with Crippen molar-refractivity contribution < 1.29 is 27.4 Å². The molecule has 40 heavy (non-hydrogen) atoms. The standard InChI is InChI=1S/C27H38F3N7O3/c1-25(2,3)40-24(38)37-18-4-5-19(37)13-36(12-18)23-33-21-20(31-16-32-21)22(34-23)39-15-26(8-9-26)14-35-10-6-17(7-11-35)27(28,29)30/h16-19H,4-15H2,1-3H3,(H,31,32,33,34). The lowest BCUT2D eigenvalue weighted by molar-refractivity contribution is -0.185. The number of hydrogen-bond acceptors (Lipinski definition) is 8. The van der Waals surface area contributed by atoms with Gasteiger partial charge in [-0.3, -0.25) is 4.90 Å². The molecule has 1 saturated carbocycles. The zero-order valence-corrected chi connectivity index (χ0v) is 23.3. The fourth-order valence-electron chi connectivity index (χ4n) is 6.36. The summed E-state index contributed by atoms with van der Waals surface area (Å²) >= 11 is 0. The summed E-state index contributed by atoms with van der Waals surface area (Å²) in [6, 6.07) is 0.0420. The molecule has 2 bridgehead atoms. The average Bonchev–Trinajstić information content (AvgIpc) is 3.36. The third-order valence-corrected chi connectivity index (χ3v) is 8.69. The molecular weight excluding hydrogens is 527 g/mol. The fourth-order valence-corrected chi connectivity index (χ4v) is 6.36. The topological polar surface area (TPSA) is 99.7 Å². The minimum absolute atomic E-state index is 0.0210. The molecule has 4 fully saturated rings. The van der Waals surface area contributed by atoms with Crippen molar-refractivity contribution in [3.05, 3.63) is 6.33 Å². The highest BCUT2D eigenvalue weighted by molar-refractivity contribution is 5.77. The molecule has 10 nitrogen and oxygen atoms in total. The lowest BCUT2D eigenvalue weighted by atomic mass is 9.95. The number of aromatic nitrogens is 4. The summed E-state index contributed by atoms with van der Waals surface area (Å²) in [7, 11) is 0. The molecule has 0 aromatic carbocycles. The molecule has 1 amide bonds. The van der Waals surface area contributed by atoms with E-state index >= 15 is 0 Å². The van der Waals surface area contributed by atoms with E-state index in [0.29, 0.717) is 55.8 Å². The number of hydrogen-bond donors (Lipinski definition) is 1. The van der Waals surface area contributed by atoms with E-state index in [1.165, 1.54) is 0 Å². The average molecular weight is 566 g/mol. The third-order valence-electron chi connectivity index (χ3n) is 8.69. The van der Waals surface area contributed by atoms with Gasteiger partial charge in [0.2, 0.25) is 11.8 Å². The molecular formula is C27H38F3N7O3. The van der Waals surface area contributed by atoms with Gasteiger partial charge in [-0.05, 0) is 72.4 Å². The number of ether oxygens (including phenoxy) is 2. The first-order valence-corrected chi connectivity index (χ1v) is 14.3. The number of nitrogens with zero attached hydrogens (tertiary/aromatic N) is 6. The first-order valence-electron chi connectivity index (χ1n) is 14.3. The van der Waals surface area contributed by atoms with Gasteiger partial charge in [-0.15, -0.1) is 0 Å². The van der Waals surface area contributed by atoms with Crippen molar-refractivity contribution in [1.82, 2.24) is 29.7 Å². The van der Waals surface area contributed by atoms with Gasteiger partial charge in [0, 0.05) is 25.0 Å². The Morgan fingerprint density at radius 3 is 2.35 bits per heavy atom. The van der Waals surface area contributed by atoms with Gasteiger partial charge >= 0.3 is 12.3 Å². The summed E-state index contributed by atoms with van der Waals surface area (Å²) in [5.74, 6) is -0.236. The number of piperazine rings is 1. The molecule has 3 saturated heterocycles. The van der Waals surface area contributed by atoms with E-state index in [1.807, 2.05) is 25.7 Å². The number of alkyl halides is 3. The fraction of sp³-hybridized carbons (Fsp3) is 0.778. The van der Waals surface area contributed by atoms with E-state index in [4.69, 9.17) is 14.5 Å². The van der Waals surface area contributed by atoms with Crippen molar-refractivity contribution in [3.63, 3.8) is 0 Å². The predicted octanol–water partition coefficient (Wildman–Crippen LogP) is 4.37. The van der Waals surface area contributed by atoms with Crippen LogP contribution < -0.4 is 9.64 Å². The van der Waals surface area contributed by atoms with Crippen LogP contribution >= 0.6 is 0 Å². The monoisotopic (exact) mass is 565 g/mol. The number of likely N-dealkylation sites (tertiary alicyclic amines) is 1. The molecule has 4 aliphatic rings. The Morgan fingerprint density at radius 1 is 1.07 bits per heavy atom. The number of carbonyl (C=O) groups is 1. The van der Waals surface area contributed by atoms with Crippen LogP contribution in [-0.2, 0) is 4.74 Å². The zero-order valence-electron chi connectivity index (χ0n) is 23.3. The maximum Gasteiger partial charge on any atom is 0.410 e. The van der Waals surface area contributed by atoms with Crippen molar-refractivity contribution in [2.75, 3.05) is 44.2 Å². The summed E-state index contributed by atoms with van der Waals surface area (Å²) in [6.07, 6.45) is 1.27. The number of piperidine rings is 1. The first kappa shape index (κ1) is 27.3. The minimum Gasteiger partial charge on any atom is -0.475 e. The third kappa shape index (κ3) is 5.66. The SMILES string of the molecule is CC(C)(C)OC(=O)N1C2CCC1CN(c1nc(OCC3(CN4CCC(C(F)(F)F)CC4)CC3)c3[nH]cnc3n1)C2. The summed E-state index contributed by atoms with van der Waals surface area (Å²) in [4.78, 5) is 35.9. The van der Waals surface area contributed by atoms with Gasteiger partial charge in [0.15, 0.2) is 5.65 Å². The van der Waals surface area contributed by atoms with Gasteiger partial charge in [-0.1, -0.05) is 0 Å². The molecule has 6 rings (SSSR count). The highest BCUT2D eigenvalue weighted by Crippen LogP contribution is 2.47. The molecule has 0 radical (unpaired) electrons. The number of imidazole rings is 1. The quantitative estimate of drug-likeness (QED) is 0.551. The Labute approximate surface area is 231 Å². The van der Waals surface area contributed by atoms with Crippen LogP contribution in [0.1, 0.15) is 59.3 Å². The first-order chi connectivity index (χ1) is 18.9. The van der Waals surface area contributed by atoms with Gasteiger partial charge in [0.25, 0.3) is 0 Å². The Morgan fingerprint density at radius 2 is 1.75 bits per heavy atom. The maximum absolute atomic E-state index is 13.1. The van der Waals surface area contributed by atoms with Crippen LogP contribution in [0.2, 0.25) is 0 Å². The Kier molecular flexibility index (Phi) is 6.78.